The molecule has 1 heterocycles. The molecule has 0 spiro atoms. The summed E-state index contributed by atoms with van der Waals surface area (Å²) in [4.78, 5) is 12.6. The minimum absolute atomic E-state index is 0.198. The predicted molar refractivity (Wildman–Crippen MR) is 91.5 cm³/mol. The second kappa shape index (κ2) is 6.41. The number of amides is 1. The maximum atomic E-state index is 12.6. The minimum atomic E-state index is -0.289. The number of rotatable bonds is 4. The molecule has 6 nitrogen and oxygen atoms in total. The molecule has 1 saturated carbocycles. The third-order valence-corrected chi connectivity index (χ3v) is 4.99. The SMILES string of the molecule is Cc1c(C(=O)NC2(CN)CCCC2)nnn1-c1cccc(Br)c1. The van der Waals surface area contributed by atoms with E-state index in [-0.39, 0.29) is 11.4 Å². The summed E-state index contributed by atoms with van der Waals surface area (Å²) in [7, 11) is 0. The van der Waals surface area contributed by atoms with E-state index < -0.39 is 0 Å². The molecule has 122 valence electrons. The molecule has 1 aliphatic rings. The Morgan fingerprint density at radius 1 is 1.43 bits per heavy atom. The van der Waals surface area contributed by atoms with Gasteiger partial charge in [0.2, 0.25) is 0 Å². The molecule has 0 aliphatic heterocycles. The lowest BCUT2D eigenvalue weighted by Gasteiger charge is -2.28. The van der Waals surface area contributed by atoms with E-state index in [0.29, 0.717) is 17.9 Å². The number of carbonyl (C=O) groups excluding carboxylic acids is 1. The summed E-state index contributed by atoms with van der Waals surface area (Å²) >= 11 is 3.44. The van der Waals surface area contributed by atoms with Crippen molar-refractivity contribution in [3.05, 3.63) is 40.1 Å². The highest BCUT2D eigenvalue weighted by atomic mass is 79.9. The maximum absolute atomic E-state index is 12.6. The molecule has 7 heteroatoms. The lowest BCUT2D eigenvalue weighted by molar-refractivity contribution is 0.0897. The van der Waals surface area contributed by atoms with E-state index in [2.05, 4.69) is 31.6 Å². The van der Waals surface area contributed by atoms with Crippen molar-refractivity contribution in [2.75, 3.05) is 6.54 Å². The van der Waals surface area contributed by atoms with Crippen molar-refractivity contribution in [1.29, 1.82) is 0 Å². The van der Waals surface area contributed by atoms with Gasteiger partial charge in [0.1, 0.15) is 0 Å². The first-order chi connectivity index (χ1) is 11.0. The summed E-state index contributed by atoms with van der Waals surface area (Å²) in [6.45, 7) is 2.30. The predicted octanol–water partition coefficient (Wildman–Crippen LogP) is 2.34. The summed E-state index contributed by atoms with van der Waals surface area (Å²) in [5.41, 5.74) is 7.52. The number of hydrogen-bond donors (Lipinski definition) is 2. The smallest absolute Gasteiger partial charge is 0.274 e. The Morgan fingerprint density at radius 3 is 2.83 bits per heavy atom. The Bertz CT molecular complexity index is 721. The molecule has 1 aromatic carbocycles. The molecular weight excluding hydrogens is 358 g/mol. The largest absolute Gasteiger partial charge is 0.344 e. The number of benzene rings is 1. The molecular formula is C16H20BrN5O. The molecule has 23 heavy (non-hydrogen) atoms. The summed E-state index contributed by atoms with van der Waals surface area (Å²) < 4.78 is 2.62. The van der Waals surface area contributed by atoms with Crippen LogP contribution in [0.4, 0.5) is 0 Å². The Kier molecular flexibility index (Phi) is 4.50. The molecule has 1 fully saturated rings. The first kappa shape index (κ1) is 16.1. The number of hydrogen-bond acceptors (Lipinski definition) is 4. The highest BCUT2D eigenvalue weighted by Crippen LogP contribution is 2.29. The van der Waals surface area contributed by atoms with E-state index in [4.69, 9.17) is 5.73 Å². The fourth-order valence-electron chi connectivity index (χ4n) is 3.12. The number of nitrogens with zero attached hydrogens (tertiary/aromatic N) is 3. The second-order valence-corrected chi connectivity index (χ2v) is 6.98. The van der Waals surface area contributed by atoms with E-state index in [9.17, 15) is 4.79 Å². The van der Waals surface area contributed by atoms with Gasteiger partial charge in [-0.05, 0) is 38.0 Å². The van der Waals surface area contributed by atoms with Crippen LogP contribution in [0.5, 0.6) is 0 Å². The van der Waals surface area contributed by atoms with Crippen LogP contribution in [0, 0.1) is 6.92 Å². The zero-order chi connectivity index (χ0) is 16.4. The van der Waals surface area contributed by atoms with Crippen molar-refractivity contribution in [2.45, 2.75) is 38.1 Å². The third kappa shape index (κ3) is 3.16. The summed E-state index contributed by atoms with van der Waals surface area (Å²) in [5.74, 6) is -0.198. The van der Waals surface area contributed by atoms with Gasteiger partial charge in [0, 0.05) is 11.0 Å². The number of carbonyl (C=O) groups is 1. The molecule has 1 amide bonds. The van der Waals surface area contributed by atoms with Crippen LogP contribution in [0.3, 0.4) is 0 Å². The Morgan fingerprint density at radius 2 is 2.17 bits per heavy atom. The number of halogens is 1. The van der Waals surface area contributed by atoms with Gasteiger partial charge in [-0.15, -0.1) is 5.10 Å². The van der Waals surface area contributed by atoms with E-state index in [1.54, 1.807) is 4.68 Å². The van der Waals surface area contributed by atoms with Crippen LogP contribution in [-0.4, -0.2) is 33.0 Å². The van der Waals surface area contributed by atoms with Crippen molar-refractivity contribution < 1.29 is 4.79 Å². The topological polar surface area (TPSA) is 85.8 Å². The molecule has 0 radical (unpaired) electrons. The standard InChI is InChI=1S/C16H20BrN5O/c1-11-14(15(23)19-16(10-18)7-2-3-8-16)20-21-22(11)13-6-4-5-12(17)9-13/h4-6,9H,2-3,7-8,10,18H2,1H3,(H,19,23). The molecule has 0 saturated heterocycles. The molecule has 1 aliphatic carbocycles. The highest BCUT2D eigenvalue weighted by Gasteiger charge is 2.35. The van der Waals surface area contributed by atoms with Crippen LogP contribution in [0.25, 0.3) is 5.69 Å². The Labute approximate surface area is 143 Å². The van der Waals surface area contributed by atoms with Gasteiger partial charge >= 0.3 is 0 Å². The van der Waals surface area contributed by atoms with Gasteiger partial charge in [-0.3, -0.25) is 4.79 Å². The Balaban J connectivity index is 1.85. The van der Waals surface area contributed by atoms with Crippen LogP contribution < -0.4 is 11.1 Å². The van der Waals surface area contributed by atoms with Crippen molar-refractivity contribution in [3.63, 3.8) is 0 Å². The van der Waals surface area contributed by atoms with Crippen molar-refractivity contribution in [3.8, 4) is 5.69 Å². The fraction of sp³-hybridized carbons (Fsp3) is 0.438. The normalized spacial score (nSPS) is 16.5. The molecule has 0 atom stereocenters. The van der Waals surface area contributed by atoms with Crippen LogP contribution in [0.15, 0.2) is 28.7 Å². The quantitative estimate of drug-likeness (QED) is 0.855. The zero-order valence-corrected chi connectivity index (χ0v) is 14.6. The van der Waals surface area contributed by atoms with E-state index >= 15 is 0 Å². The fourth-order valence-corrected chi connectivity index (χ4v) is 3.51. The van der Waals surface area contributed by atoms with Crippen LogP contribution >= 0.6 is 15.9 Å². The summed E-state index contributed by atoms with van der Waals surface area (Å²) in [6.07, 6.45) is 4.05. The first-order valence-electron chi connectivity index (χ1n) is 7.75. The molecule has 0 bridgehead atoms. The average Bonchev–Trinajstić information content (AvgIpc) is 3.14. The van der Waals surface area contributed by atoms with Gasteiger partial charge in [-0.25, -0.2) is 4.68 Å². The van der Waals surface area contributed by atoms with Crippen LogP contribution in [0.1, 0.15) is 41.9 Å². The maximum Gasteiger partial charge on any atom is 0.274 e. The van der Waals surface area contributed by atoms with E-state index in [1.807, 2.05) is 31.2 Å². The lowest BCUT2D eigenvalue weighted by atomic mass is 9.97. The van der Waals surface area contributed by atoms with Gasteiger partial charge < -0.3 is 11.1 Å². The van der Waals surface area contributed by atoms with Crippen molar-refractivity contribution in [1.82, 2.24) is 20.3 Å². The molecule has 3 rings (SSSR count). The van der Waals surface area contributed by atoms with Crippen molar-refractivity contribution in [2.24, 2.45) is 5.73 Å². The van der Waals surface area contributed by atoms with Crippen molar-refractivity contribution >= 4 is 21.8 Å². The van der Waals surface area contributed by atoms with Gasteiger partial charge in [0.25, 0.3) is 5.91 Å². The highest BCUT2D eigenvalue weighted by molar-refractivity contribution is 9.10. The van der Waals surface area contributed by atoms with E-state index in [1.165, 1.54) is 0 Å². The molecule has 0 unspecified atom stereocenters. The van der Waals surface area contributed by atoms with Gasteiger partial charge in [0.05, 0.1) is 16.9 Å². The number of nitrogens with one attached hydrogen (secondary N) is 1. The number of aromatic nitrogens is 3. The third-order valence-electron chi connectivity index (χ3n) is 4.49. The van der Waals surface area contributed by atoms with Gasteiger partial charge in [-0.2, -0.15) is 0 Å². The molecule has 1 aromatic heterocycles. The summed E-state index contributed by atoms with van der Waals surface area (Å²) in [6, 6.07) is 7.71. The van der Waals surface area contributed by atoms with Gasteiger partial charge in [0.15, 0.2) is 5.69 Å². The minimum Gasteiger partial charge on any atom is -0.344 e. The average molecular weight is 378 g/mol. The zero-order valence-electron chi connectivity index (χ0n) is 13.1. The second-order valence-electron chi connectivity index (χ2n) is 6.06. The first-order valence-corrected chi connectivity index (χ1v) is 8.55. The summed E-state index contributed by atoms with van der Waals surface area (Å²) in [5, 5.41) is 11.3. The molecule has 2 aromatic rings. The monoisotopic (exact) mass is 377 g/mol. The lowest BCUT2D eigenvalue weighted by Crippen LogP contribution is -2.51. The van der Waals surface area contributed by atoms with Crippen LogP contribution in [-0.2, 0) is 0 Å². The van der Waals surface area contributed by atoms with E-state index in [0.717, 1.165) is 35.8 Å². The number of nitrogens with two attached hydrogens (primary N) is 1. The van der Waals surface area contributed by atoms with Gasteiger partial charge in [-0.1, -0.05) is 40.1 Å². The Hall–Kier alpha value is -1.73. The van der Waals surface area contributed by atoms with Crippen LogP contribution in [0.2, 0.25) is 0 Å². The molecule has 3 N–H and O–H groups in total.